The van der Waals surface area contributed by atoms with Crippen LogP contribution in [0, 0.1) is 37.1 Å². The van der Waals surface area contributed by atoms with Crippen LogP contribution in [0.15, 0.2) is 48.8 Å². The predicted molar refractivity (Wildman–Crippen MR) is 92.8 cm³/mol. The van der Waals surface area contributed by atoms with Crippen LogP contribution in [-0.2, 0) is 0 Å². The number of benzene rings is 2. The van der Waals surface area contributed by atoms with E-state index in [2.05, 4.69) is 9.97 Å². The van der Waals surface area contributed by atoms with Gasteiger partial charge in [0.15, 0.2) is 0 Å². The zero-order valence-electron chi connectivity index (χ0n) is 14.0. The Balaban J connectivity index is 0.000000151. The highest BCUT2D eigenvalue weighted by molar-refractivity contribution is 5.80. The van der Waals surface area contributed by atoms with E-state index in [1.165, 1.54) is 38.4 Å². The Morgan fingerprint density at radius 3 is 2.12 bits per heavy atom. The van der Waals surface area contributed by atoms with E-state index in [1.54, 1.807) is 18.2 Å². The minimum atomic E-state index is -0.552. The number of halogens is 4. The Labute approximate surface area is 147 Å². The molecule has 0 spiro atoms. The van der Waals surface area contributed by atoms with Gasteiger partial charge in [-0.1, -0.05) is 0 Å². The molecule has 0 bridgehead atoms. The summed E-state index contributed by atoms with van der Waals surface area (Å²) in [7, 11) is 0. The molecular formula is C20H14F4N2. The van der Waals surface area contributed by atoms with Crippen molar-refractivity contribution in [3.05, 3.63) is 83.2 Å². The fourth-order valence-corrected chi connectivity index (χ4v) is 2.56. The molecule has 0 radical (unpaired) electrons. The first-order chi connectivity index (χ1) is 12.4. The maximum Gasteiger partial charge on any atom is 0.149 e. The van der Waals surface area contributed by atoms with Gasteiger partial charge in [0.25, 0.3) is 0 Å². The number of aromatic nitrogens is 2. The molecule has 0 saturated carbocycles. The zero-order chi connectivity index (χ0) is 18.8. The highest BCUT2D eigenvalue weighted by Crippen LogP contribution is 2.22. The van der Waals surface area contributed by atoms with E-state index in [0.717, 1.165) is 6.07 Å². The average Bonchev–Trinajstić information content (AvgIpc) is 2.65. The van der Waals surface area contributed by atoms with Crippen LogP contribution in [0.25, 0.3) is 21.8 Å². The number of rotatable bonds is 0. The minimum Gasteiger partial charge on any atom is -0.256 e. The van der Waals surface area contributed by atoms with E-state index in [0.29, 0.717) is 16.5 Å². The Hall–Kier alpha value is -3.02. The molecule has 0 amide bonds. The standard InChI is InChI=1S/2C10H7F2N/c1-6-8(11)5-9-7(10(6)12)3-2-4-13-9;1-6-5-8(11)10-7(9(6)12)3-2-4-13-10/h2*2-5H,1H3. The first kappa shape index (κ1) is 17.8. The molecule has 0 unspecified atom stereocenters. The fraction of sp³-hybridized carbons (Fsp3) is 0.100. The van der Waals surface area contributed by atoms with Gasteiger partial charge in [0.2, 0.25) is 0 Å². The van der Waals surface area contributed by atoms with Crippen LogP contribution in [-0.4, -0.2) is 9.97 Å². The van der Waals surface area contributed by atoms with Crippen molar-refractivity contribution in [1.82, 2.24) is 9.97 Å². The lowest BCUT2D eigenvalue weighted by atomic mass is 10.1. The van der Waals surface area contributed by atoms with E-state index in [4.69, 9.17) is 0 Å². The van der Waals surface area contributed by atoms with Crippen molar-refractivity contribution >= 4 is 21.8 Å². The molecule has 4 rings (SSSR count). The number of hydrogen-bond donors (Lipinski definition) is 0. The second-order valence-electron chi connectivity index (χ2n) is 5.76. The van der Waals surface area contributed by atoms with Gasteiger partial charge in [0.05, 0.1) is 5.52 Å². The number of hydrogen-bond acceptors (Lipinski definition) is 2. The van der Waals surface area contributed by atoms with E-state index >= 15 is 0 Å². The largest absolute Gasteiger partial charge is 0.256 e. The van der Waals surface area contributed by atoms with Gasteiger partial charge in [-0.15, -0.1) is 0 Å². The van der Waals surface area contributed by atoms with Gasteiger partial charge in [0.1, 0.15) is 28.8 Å². The topological polar surface area (TPSA) is 25.8 Å². The van der Waals surface area contributed by atoms with Crippen LogP contribution in [0.3, 0.4) is 0 Å². The Morgan fingerprint density at radius 2 is 1.38 bits per heavy atom. The monoisotopic (exact) mass is 358 g/mol. The molecule has 0 fully saturated rings. The molecule has 4 aromatic rings. The third-order valence-electron chi connectivity index (χ3n) is 3.99. The number of pyridine rings is 2. The molecule has 0 aliphatic heterocycles. The molecule has 26 heavy (non-hydrogen) atoms. The van der Waals surface area contributed by atoms with Crippen molar-refractivity contribution in [3.63, 3.8) is 0 Å². The van der Waals surface area contributed by atoms with Crippen molar-refractivity contribution in [2.75, 3.05) is 0 Å². The molecule has 2 aromatic carbocycles. The number of nitrogens with zero attached hydrogens (tertiary/aromatic N) is 2. The second kappa shape index (κ2) is 7.07. The van der Waals surface area contributed by atoms with Crippen molar-refractivity contribution < 1.29 is 17.6 Å². The van der Waals surface area contributed by atoms with Gasteiger partial charge >= 0.3 is 0 Å². The molecule has 6 heteroatoms. The highest BCUT2D eigenvalue weighted by atomic mass is 19.1. The third-order valence-corrected chi connectivity index (χ3v) is 3.99. The average molecular weight is 358 g/mol. The minimum absolute atomic E-state index is 0.0421. The summed E-state index contributed by atoms with van der Waals surface area (Å²) in [6, 6.07) is 8.73. The fourth-order valence-electron chi connectivity index (χ4n) is 2.56. The van der Waals surface area contributed by atoms with Gasteiger partial charge in [-0.3, -0.25) is 9.97 Å². The molecular weight excluding hydrogens is 344 g/mol. The van der Waals surface area contributed by atoms with E-state index < -0.39 is 23.3 Å². The summed E-state index contributed by atoms with van der Waals surface area (Å²) in [5.41, 5.74) is 0.784. The normalized spacial score (nSPS) is 10.7. The maximum absolute atomic E-state index is 13.4. The maximum atomic E-state index is 13.4. The summed E-state index contributed by atoms with van der Waals surface area (Å²) >= 11 is 0. The van der Waals surface area contributed by atoms with E-state index in [9.17, 15) is 17.6 Å². The molecule has 2 heterocycles. The SMILES string of the molecule is Cc1c(F)cc2ncccc2c1F.Cc1cc(F)c2ncccc2c1F. The van der Waals surface area contributed by atoms with Gasteiger partial charge in [-0.05, 0) is 49.7 Å². The van der Waals surface area contributed by atoms with E-state index in [1.807, 2.05) is 0 Å². The summed E-state index contributed by atoms with van der Waals surface area (Å²) in [5, 5.41) is 0.599. The molecule has 0 aliphatic carbocycles. The molecule has 132 valence electrons. The van der Waals surface area contributed by atoms with Crippen molar-refractivity contribution in [2.45, 2.75) is 13.8 Å². The van der Waals surface area contributed by atoms with Crippen LogP contribution in [0.1, 0.15) is 11.1 Å². The van der Waals surface area contributed by atoms with Gasteiger partial charge in [-0.25, -0.2) is 17.6 Å². The highest BCUT2D eigenvalue weighted by Gasteiger charge is 2.10. The lowest BCUT2D eigenvalue weighted by molar-refractivity contribution is 0.576. The van der Waals surface area contributed by atoms with Crippen molar-refractivity contribution in [3.8, 4) is 0 Å². The Morgan fingerprint density at radius 1 is 0.731 bits per heavy atom. The third kappa shape index (κ3) is 3.22. The molecule has 2 nitrogen and oxygen atoms in total. The van der Waals surface area contributed by atoms with Crippen LogP contribution in [0.2, 0.25) is 0 Å². The smallest absolute Gasteiger partial charge is 0.149 e. The summed E-state index contributed by atoms with van der Waals surface area (Å²) in [4.78, 5) is 7.63. The van der Waals surface area contributed by atoms with Gasteiger partial charge < -0.3 is 0 Å². The molecule has 0 atom stereocenters. The number of aryl methyl sites for hydroxylation is 1. The van der Waals surface area contributed by atoms with Crippen molar-refractivity contribution in [2.24, 2.45) is 0 Å². The summed E-state index contributed by atoms with van der Waals surface area (Å²) in [6.07, 6.45) is 2.96. The molecule has 2 aromatic heterocycles. The first-order valence-electron chi connectivity index (χ1n) is 7.78. The van der Waals surface area contributed by atoms with Gasteiger partial charge in [0, 0.05) is 34.8 Å². The summed E-state index contributed by atoms with van der Waals surface area (Å²) in [6.45, 7) is 2.95. The van der Waals surface area contributed by atoms with E-state index in [-0.39, 0.29) is 16.5 Å². The Kier molecular flexibility index (Phi) is 4.84. The summed E-state index contributed by atoms with van der Waals surface area (Å²) < 4.78 is 53.0. The zero-order valence-corrected chi connectivity index (χ0v) is 14.0. The number of fused-ring (bicyclic) bond motifs is 2. The lowest BCUT2D eigenvalue weighted by Gasteiger charge is -2.02. The summed E-state index contributed by atoms with van der Waals surface area (Å²) in [5.74, 6) is -1.95. The first-order valence-corrected chi connectivity index (χ1v) is 7.78. The van der Waals surface area contributed by atoms with Crippen LogP contribution in [0.4, 0.5) is 17.6 Å². The molecule has 0 saturated heterocycles. The van der Waals surface area contributed by atoms with Crippen LogP contribution >= 0.6 is 0 Å². The molecule has 0 N–H and O–H groups in total. The predicted octanol–water partition coefficient (Wildman–Crippen LogP) is 5.64. The quantitative estimate of drug-likeness (QED) is 0.380. The van der Waals surface area contributed by atoms with Crippen molar-refractivity contribution in [1.29, 1.82) is 0 Å². The lowest BCUT2D eigenvalue weighted by Crippen LogP contribution is -1.91. The second-order valence-corrected chi connectivity index (χ2v) is 5.76. The van der Waals surface area contributed by atoms with Crippen LogP contribution < -0.4 is 0 Å². The molecule has 0 aliphatic rings. The Bertz CT molecular complexity index is 1100. The van der Waals surface area contributed by atoms with Gasteiger partial charge in [-0.2, -0.15) is 0 Å². The van der Waals surface area contributed by atoms with Crippen LogP contribution in [0.5, 0.6) is 0 Å².